The predicted octanol–water partition coefficient (Wildman–Crippen LogP) is 3.32. The lowest BCUT2D eigenvalue weighted by Crippen LogP contribution is -1.95. The Morgan fingerprint density at radius 3 is 2.58 bits per heavy atom. The lowest BCUT2D eigenvalue weighted by molar-refractivity contribution is -0.134. The number of ether oxygens (including phenoxy) is 1. The maximum atomic E-state index is 11.2. The zero-order chi connectivity index (χ0) is 13.7. The number of methoxy groups -OCH3 is 1. The molecule has 0 unspecified atom stereocenters. The average molecular weight is 253 g/mol. The lowest BCUT2D eigenvalue weighted by Gasteiger charge is -2.05. The van der Waals surface area contributed by atoms with Crippen molar-refractivity contribution in [3.63, 3.8) is 0 Å². The first-order chi connectivity index (χ1) is 9.20. The summed E-state index contributed by atoms with van der Waals surface area (Å²) in [5.41, 5.74) is 4.07. The van der Waals surface area contributed by atoms with Crippen molar-refractivity contribution in [3.05, 3.63) is 60.4 Å². The molecule has 1 heterocycles. The van der Waals surface area contributed by atoms with Gasteiger partial charge in [0.15, 0.2) is 0 Å². The van der Waals surface area contributed by atoms with Gasteiger partial charge in [0.05, 0.1) is 7.11 Å². The van der Waals surface area contributed by atoms with Crippen molar-refractivity contribution < 1.29 is 9.53 Å². The molecule has 0 atom stereocenters. The summed E-state index contributed by atoms with van der Waals surface area (Å²) in [5, 5.41) is 0. The van der Waals surface area contributed by atoms with Crippen LogP contribution in [-0.2, 0) is 9.53 Å². The molecule has 1 aromatic heterocycles. The number of allylic oxidation sites excluding steroid dienone is 1. The number of carbonyl (C=O) groups excluding carboxylic acids is 1. The fourth-order valence-corrected chi connectivity index (χ4v) is 1.81. The monoisotopic (exact) mass is 253 g/mol. The average Bonchev–Trinajstić information content (AvgIpc) is 2.48. The SMILES string of the molecule is COC(=O)/C=C(\C)c1cccc(-c2ccncc2)c1. The molecule has 2 aromatic rings. The Morgan fingerprint density at radius 1 is 1.16 bits per heavy atom. The Labute approximate surface area is 112 Å². The van der Waals surface area contributed by atoms with Gasteiger partial charge in [-0.2, -0.15) is 0 Å². The third kappa shape index (κ3) is 3.28. The minimum Gasteiger partial charge on any atom is -0.466 e. The van der Waals surface area contributed by atoms with Crippen molar-refractivity contribution in [2.45, 2.75) is 6.92 Å². The number of hydrogen-bond donors (Lipinski definition) is 0. The number of benzene rings is 1. The summed E-state index contributed by atoms with van der Waals surface area (Å²) in [7, 11) is 1.37. The summed E-state index contributed by atoms with van der Waals surface area (Å²) in [4.78, 5) is 15.2. The second-order valence-electron chi connectivity index (χ2n) is 4.17. The highest BCUT2D eigenvalue weighted by Gasteiger charge is 2.02. The summed E-state index contributed by atoms with van der Waals surface area (Å²) in [6.45, 7) is 1.89. The third-order valence-corrected chi connectivity index (χ3v) is 2.87. The molecule has 0 aliphatic carbocycles. The quantitative estimate of drug-likeness (QED) is 0.622. The first kappa shape index (κ1) is 13.0. The molecule has 0 saturated carbocycles. The van der Waals surface area contributed by atoms with Crippen LogP contribution >= 0.6 is 0 Å². The summed E-state index contributed by atoms with van der Waals surface area (Å²) in [6.07, 6.45) is 5.02. The lowest BCUT2D eigenvalue weighted by atomic mass is 10.0. The topological polar surface area (TPSA) is 39.2 Å². The van der Waals surface area contributed by atoms with Gasteiger partial charge in [-0.15, -0.1) is 0 Å². The van der Waals surface area contributed by atoms with Crippen LogP contribution in [0, 0.1) is 0 Å². The van der Waals surface area contributed by atoms with Gasteiger partial charge in [-0.05, 0) is 47.4 Å². The van der Waals surface area contributed by atoms with E-state index in [2.05, 4.69) is 9.72 Å². The van der Waals surface area contributed by atoms with Crippen LogP contribution in [-0.4, -0.2) is 18.1 Å². The Bertz CT molecular complexity index is 603. The zero-order valence-corrected chi connectivity index (χ0v) is 11.0. The highest BCUT2D eigenvalue weighted by molar-refractivity contribution is 5.91. The van der Waals surface area contributed by atoms with Crippen molar-refractivity contribution >= 4 is 11.5 Å². The minimum atomic E-state index is -0.341. The van der Waals surface area contributed by atoms with Crippen LogP contribution in [0.15, 0.2) is 54.9 Å². The fourth-order valence-electron chi connectivity index (χ4n) is 1.81. The Balaban J connectivity index is 2.35. The van der Waals surface area contributed by atoms with Crippen LogP contribution in [0.5, 0.6) is 0 Å². The standard InChI is InChI=1S/C16H15NO2/c1-12(10-16(18)19-2)14-4-3-5-15(11-14)13-6-8-17-9-7-13/h3-11H,1-2H3/b12-10+. The largest absolute Gasteiger partial charge is 0.466 e. The molecule has 0 bridgehead atoms. The molecule has 3 heteroatoms. The number of pyridine rings is 1. The van der Waals surface area contributed by atoms with Crippen molar-refractivity contribution in [2.24, 2.45) is 0 Å². The molecule has 1 aromatic carbocycles. The van der Waals surface area contributed by atoms with Crippen LogP contribution in [0.25, 0.3) is 16.7 Å². The molecule has 2 rings (SSSR count). The number of rotatable bonds is 3. The van der Waals surface area contributed by atoms with Crippen molar-refractivity contribution in [1.82, 2.24) is 4.98 Å². The molecule has 0 spiro atoms. The van der Waals surface area contributed by atoms with E-state index < -0.39 is 0 Å². The number of esters is 1. The summed E-state index contributed by atoms with van der Waals surface area (Å²) >= 11 is 0. The highest BCUT2D eigenvalue weighted by atomic mass is 16.5. The Hall–Kier alpha value is -2.42. The second kappa shape index (κ2) is 5.96. The smallest absolute Gasteiger partial charge is 0.330 e. The van der Waals surface area contributed by atoms with Crippen molar-refractivity contribution in [3.8, 4) is 11.1 Å². The normalized spacial score (nSPS) is 11.2. The Kier molecular flexibility index (Phi) is 4.08. The van der Waals surface area contributed by atoms with E-state index in [4.69, 9.17) is 0 Å². The first-order valence-corrected chi connectivity index (χ1v) is 5.98. The highest BCUT2D eigenvalue weighted by Crippen LogP contribution is 2.23. The molecule has 0 aliphatic heterocycles. The molecule has 19 heavy (non-hydrogen) atoms. The second-order valence-corrected chi connectivity index (χ2v) is 4.17. The van der Waals surface area contributed by atoms with Crippen LogP contribution in [0.2, 0.25) is 0 Å². The van der Waals surface area contributed by atoms with Crippen molar-refractivity contribution in [2.75, 3.05) is 7.11 Å². The van der Waals surface area contributed by atoms with E-state index in [-0.39, 0.29) is 5.97 Å². The van der Waals surface area contributed by atoms with E-state index in [0.29, 0.717) is 0 Å². The first-order valence-electron chi connectivity index (χ1n) is 5.98. The van der Waals surface area contributed by atoms with Gasteiger partial charge < -0.3 is 4.74 Å². The van der Waals surface area contributed by atoms with E-state index >= 15 is 0 Å². The van der Waals surface area contributed by atoms with Gasteiger partial charge in [0.2, 0.25) is 0 Å². The molecule has 0 fully saturated rings. The molecule has 0 saturated heterocycles. The molecular formula is C16H15NO2. The summed E-state index contributed by atoms with van der Waals surface area (Å²) < 4.78 is 4.63. The minimum absolute atomic E-state index is 0.341. The predicted molar refractivity (Wildman–Crippen MR) is 75.3 cm³/mol. The van der Waals surface area contributed by atoms with Gasteiger partial charge >= 0.3 is 5.97 Å². The van der Waals surface area contributed by atoms with Gasteiger partial charge in [-0.1, -0.05) is 18.2 Å². The van der Waals surface area contributed by atoms with E-state index in [9.17, 15) is 4.79 Å². The van der Waals surface area contributed by atoms with Gasteiger partial charge in [0, 0.05) is 18.5 Å². The number of carbonyl (C=O) groups is 1. The van der Waals surface area contributed by atoms with Crippen LogP contribution < -0.4 is 0 Å². The zero-order valence-electron chi connectivity index (χ0n) is 11.0. The number of hydrogen-bond acceptors (Lipinski definition) is 3. The summed E-state index contributed by atoms with van der Waals surface area (Å²) in [5.74, 6) is -0.341. The Morgan fingerprint density at radius 2 is 1.89 bits per heavy atom. The number of nitrogens with zero attached hydrogens (tertiary/aromatic N) is 1. The molecule has 96 valence electrons. The molecular weight excluding hydrogens is 238 g/mol. The van der Waals surface area contributed by atoms with Gasteiger partial charge in [0.25, 0.3) is 0 Å². The van der Waals surface area contributed by atoms with Gasteiger partial charge in [0.1, 0.15) is 0 Å². The van der Waals surface area contributed by atoms with Gasteiger partial charge in [-0.3, -0.25) is 4.98 Å². The van der Waals surface area contributed by atoms with E-state index in [1.807, 2.05) is 43.3 Å². The van der Waals surface area contributed by atoms with Gasteiger partial charge in [-0.25, -0.2) is 4.79 Å². The van der Waals surface area contributed by atoms with Crippen LogP contribution in [0.3, 0.4) is 0 Å². The molecule has 0 N–H and O–H groups in total. The molecule has 0 aliphatic rings. The van der Waals surface area contributed by atoms with E-state index in [1.165, 1.54) is 13.2 Å². The molecule has 0 radical (unpaired) electrons. The molecule has 0 amide bonds. The molecule has 3 nitrogen and oxygen atoms in total. The number of aromatic nitrogens is 1. The van der Waals surface area contributed by atoms with Crippen molar-refractivity contribution in [1.29, 1.82) is 0 Å². The maximum Gasteiger partial charge on any atom is 0.330 e. The summed E-state index contributed by atoms with van der Waals surface area (Å²) in [6, 6.07) is 11.9. The fraction of sp³-hybridized carbons (Fsp3) is 0.125. The van der Waals surface area contributed by atoms with E-state index in [0.717, 1.165) is 22.3 Å². The maximum absolute atomic E-state index is 11.2. The van der Waals surface area contributed by atoms with Crippen LogP contribution in [0.4, 0.5) is 0 Å². The van der Waals surface area contributed by atoms with E-state index in [1.54, 1.807) is 12.4 Å². The third-order valence-electron chi connectivity index (χ3n) is 2.87. The van der Waals surface area contributed by atoms with Crippen LogP contribution in [0.1, 0.15) is 12.5 Å².